The quantitative estimate of drug-likeness (QED) is 0.712. The van der Waals surface area contributed by atoms with Crippen molar-refractivity contribution in [2.75, 3.05) is 31.6 Å². The second-order valence-corrected chi connectivity index (χ2v) is 5.13. The standard InChI is InChI=1S/C12H23N3OS/c1-3-5-6-15(7-8-16)10-11-9-14-12(17-11)13-4-2/h9,16H,3-8,10H2,1-2H3,(H,13,14). The Morgan fingerprint density at radius 3 is 2.88 bits per heavy atom. The van der Waals surface area contributed by atoms with Gasteiger partial charge in [-0.1, -0.05) is 13.3 Å². The maximum Gasteiger partial charge on any atom is 0.182 e. The van der Waals surface area contributed by atoms with Gasteiger partial charge < -0.3 is 10.4 Å². The lowest BCUT2D eigenvalue weighted by atomic mass is 10.3. The average Bonchev–Trinajstić information content (AvgIpc) is 2.74. The molecule has 0 radical (unpaired) electrons. The van der Waals surface area contributed by atoms with Crippen molar-refractivity contribution in [2.24, 2.45) is 0 Å². The minimum atomic E-state index is 0.225. The molecule has 2 N–H and O–H groups in total. The highest BCUT2D eigenvalue weighted by molar-refractivity contribution is 7.15. The third kappa shape index (κ3) is 5.48. The van der Waals surface area contributed by atoms with Crippen molar-refractivity contribution >= 4 is 16.5 Å². The number of nitrogens with one attached hydrogen (secondary N) is 1. The molecule has 0 aliphatic rings. The lowest BCUT2D eigenvalue weighted by Crippen LogP contribution is -2.27. The summed E-state index contributed by atoms with van der Waals surface area (Å²) in [7, 11) is 0. The first-order valence-electron chi connectivity index (χ1n) is 6.31. The summed E-state index contributed by atoms with van der Waals surface area (Å²) >= 11 is 1.70. The van der Waals surface area contributed by atoms with E-state index in [1.165, 1.54) is 17.7 Å². The van der Waals surface area contributed by atoms with Crippen LogP contribution in [-0.4, -0.2) is 41.2 Å². The van der Waals surface area contributed by atoms with Crippen LogP contribution in [0.5, 0.6) is 0 Å². The number of aliphatic hydroxyl groups is 1. The van der Waals surface area contributed by atoms with Gasteiger partial charge in [-0.15, -0.1) is 11.3 Å². The second-order valence-electron chi connectivity index (χ2n) is 4.02. The van der Waals surface area contributed by atoms with E-state index in [0.717, 1.165) is 31.3 Å². The lowest BCUT2D eigenvalue weighted by Gasteiger charge is -2.19. The molecule has 0 aliphatic heterocycles. The number of thiazole rings is 1. The summed E-state index contributed by atoms with van der Waals surface area (Å²) < 4.78 is 0. The van der Waals surface area contributed by atoms with E-state index in [1.54, 1.807) is 11.3 Å². The summed E-state index contributed by atoms with van der Waals surface area (Å²) in [5, 5.41) is 13.2. The summed E-state index contributed by atoms with van der Waals surface area (Å²) in [6.45, 7) is 8.07. The predicted octanol–water partition coefficient (Wildman–Crippen LogP) is 2.17. The maximum atomic E-state index is 9.04. The van der Waals surface area contributed by atoms with Gasteiger partial charge in [-0.25, -0.2) is 4.98 Å². The summed E-state index contributed by atoms with van der Waals surface area (Å²) in [5.41, 5.74) is 0. The Morgan fingerprint density at radius 2 is 2.24 bits per heavy atom. The summed E-state index contributed by atoms with van der Waals surface area (Å²) in [6, 6.07) is 0. The number of hydrogen-bond acceptors (Lipinski definition) is 5. The van der Waals surface area contributed by atoms with Gasteiger partial charge in [0.2, 0.25) is 0 Å². The number of aliphatic hydroxyl groups excluding tert-OH is 1. The minimum Gasteiger partial charge on any atom is -0.395 e. The van der Waals surface area contributed by atoms with E-state index in [4.69, 9.17) is 5.11 Å². The largest absolute Gasteiger partial charge is 0.395 e. The third-order valence-corrected chi connectivity index (χ3v) is 3.44. The molecule has 0 aromatic carbocycles. The Bertz CT molecular complexity index is 304. The van der Waals surface area contributed by atoms with Crippen LogP contribution in [0.15, 0.2) is 6.20 Å². The second kappa shape index (κ2) is 8.44. The molecule has 98 valence electrons. The van der Waals surface area contributed by atoms with Crippen LogP contribution in [0.25, 0.3) is 0 Å². The fraction of sp³-hybridized carbons (Fsp3) is 0.750. The van der Waals surface area contributed by atoms with Gasteiger partial charge in [-0.2, -0.15) is 0 Å². The first-order chi connectivity index (χ1) is 8.30. The fourth-order valence-electron chi connectivity index (χ4n) is 1.63. The van der Waals surface area contributed by atoms with E-state index < -0.39 is 0 Å². The summed E-state index contributed by atoms with van der Waals surface area (Å²) in [5.74, 6) is 0. The van der Waals surface area contributed by atoms with Crippen LogP contribution in [0.2, 0.25) is 0 Å². The van der Waals surface area contributed by atoms with Crippen molar-refractivity contribution in [3.63, 3.8) is 0 Å². The number of hydrogen-bond donors (Lipinski definition) is 2. The van der Waals surface area contributed by atoms with E-state index in [1.807, 2.05) is 6.20 Å². The summed E-state index contributed by atoms with van der Waals surface area (Å²) in [6.07, 6.45) is 4.30. The molecule has 1 aromatic heterocycles. The van der Waals surface area contributed by atoms with Crippen LogP contribution in [0, 0.1) is 0 Å². The molecule has 0 atom stereocenters. The van der Waals surface area contributed by atoms with Crippen LogP contribution < -0.4 is 5.32 Å². The third-order valence-electron chi connectivity index (χ3n) is 2.51. The highest BCUT2D eigenvalue weighted by atomic mass is 32.1. The molecule has 0 saturated heterocycles. The topological polar surface area (TPSA) is 48.4 Å². The number of unbranched alkanes of at least 4 members (excludes halogenated alkanes) is 1. The molecule has 0 bridgehead atoms. The van der Waals surface area contributed by atoms with Gasteiger partial charge in [-0.05, 0) is 19.9 Å². The number of anilines is 1. The highest BCUT2D eigenvalue weighted by Crippen LogP contribution is 2.19. The van der Waals surface area contributed by atoms with Crippen molar-refractivity contribution in [2.45, 2.75) is 33.2 Å². The van der Waals surface area contributed by atoms with E-state index in [2.05, 4.69) is 29.0 Å². The Hall–Kier alpha value is -0.650. The van der Waals surface area contributed by atoms with Gasteiger partial charge in [0.05, 0.1) is 6.61 Å². The molecule has 1 rings (SSSR count). The monoisotopic (exact) mass is 257 g/mol. The van der Waals surface area contributed by atoms with Crippen LogP contribution in [-0.2, 0) is 6.54 Å². The minimum absolute atomic E-state index is 0.225. The zero-order valence-electron chi connectivity index (χ0n) is 10.8. The molecule has 0 saturated carbocycles. The van der Waals surface area contributed by atoms with Gasteiger partial charge in [0.15, 0.2) is 5.13 Å². The Kier molecular flexibility index (Phi) is 7.16. The van der Waals surface area contributed by atoms with E-state index in [9.17, 15) is 0 Å². The zero-order chi connectivity index (χ0) is 12.5. The Balaban J connectivity index is 2.46. The molecule has 0 fully saturated rings. The van der Waals surface area contributed by atoms with Crippen molar-refractivity contribution < 1.29 is 5.11 Å². The van der Waals surface area contributed by atoms with Crippen molar-refractivity contribution in [3.8, 4) is 0 Å². The first-order valence-corrected chi connectivity index (χ1v) is 7.13. The fourth-order valence-corrected chi connectivity index (χ4v) is 2.55. The predicted molar refractivity (Wildman–Crippen MR) is 73.5 cm³/mol. The molecule has 1 heterocycles. The number of nitrogens with zero attached hydrogens (tertiary/aromatic N) is 2. The van der Waals surface area contributed by atoms with E-state index in [0.29, 0.717) is 0 Å². The van der Waals surface area contributed by atoms with E-state index >= 15 is 0 Å². The Labute approximate surface area is 108 Å². The zero-order valence-corrected chi connectivity index (χ0v) is 11.6. The van der Waals surface area contributed by atoms with Crippen LogP contribution in [0.3, 0.4) is 0 Å². The first kappa shape index (κ1) is 14.4. The van der Waals surface area contributed by atoms with Crippen LogP contribution >= 0.6 is 11.3 Å². The normalized spacial score (nSPS) is 11.1. The van der Waals surface area contributed by atoms with Gasteiger partial charge >= 0.3 is 0 Å². The molecular weight excluding hydrogens is 234 g/mol. The molecule has 0 aliphatic carbocycles. The van der Waals surface area contributed by atoms with Crippen LogP contribution in [0.4, 0.5) is 5.13 Å². The molecule has 1 aromatic rings. The molecule has 0 amide bonds. The van der Waals surface area contributed by atoms with Gasteiger partial charge in [-0.3, -0.25) is 4.90 Å². The Morgan fingerprint density at radius 1 is 1.41 bits per heavy atom. The molecular formula is C12H23N3OS. The molecule has 17 heavy (non-hydrogen) atoms. The van der Waals surface area contributed by atoms with E-state index in [-0.39, 0.29) is 6.61 Å². The maximum absolute atomic E-state index is 9.04. The van der Waals surface area contributed by atoms with Crippen LogP contribution in [0.1, 0.15) is 31.6 Å². The molecule has 0 unspecified atom stereocenters. The SMILES string of the molecule is CCCCN(CCO)Cc1cnc(NCC)s1. The molecule has 5 heteroatoms. The smallest absolute Gasteiger partial charge is 0.182 e. The summed E-state index contributed by atoms with van der Waals surface area (Å²) in [4.78, 5) is 7.86. The van der Waals surface area contributed by atoms with Crippen molar-refractivity contribution in [1.82, 2.24) is 9.88 Å². The van der Waals surface area contributed by atoms with Crippen molar-refractivity contribution in [1.29, 1.82) is 0 Å². The van der Waals surface area contributed by atoms with Gasteiger partial charge in [0.25, 0.3) is 0 Å². The number of aromatic nitrogens is 1. The van der Waals surface area contributed by atoms with Gasteiger partial charge in [0.1, 0.15) is 0 Å². The average molecular weight is 257 g/mol. The molecule has 0 spiro atoms. The highest BCUT2D eigenvalue weighted by Gasteiger charge is 2.07. The van der Waals surface area contributed by atoms with Crippen molar-refractivity contribution in [3.05, 3.63) is 11.1 Å². The number of rotatable bonds is 9. The lowest BCUT2D eigenvalue weighted by molar-refractivity contribution is 0.189. The molecule has 4 nitrogen and oxygen atoms in total. The van der Waals surface area contributed by atoms with Gasteiger partial charge in [0, 0.05) is 30.7 Å².